The minimum atomic E-state index is -1.06. The summed E-state index contributed by atoms with van der Waals surface area (Å²) >= 11 is 0. The molecule has 1 aliphatic heterocycles. The normalized spacial score (nSPS) is 12.7. The number of aromatic nitrogens is 2. The van der Waals surface area contributed by atoms with E-state index in [-0.39, 0.29) is 36.3 Å². The van der Waals surface area contributed by atoms with E-state index >= 15 is 0 Å². The first-order valence-corrected chi connectivity index (χ1v) is 11.9. The number of carbonyl (C=O) groups excluding carboxylic acids is 2. The van der Waals surface area contributed by atoms with Gasteiger partial charge in [-0.2, -0.15) is 0 Å². The molecule has 4 aromatic rings. The Balaban J connectivity index is 1.53. The number of nitrogens with zero attached hydrogens (tertiary/aromatic N) is 4. The van der Waals surface area contributed by atoms with Crippen LogP contribution in [0.25, 0.3) is 22.0 Å². The number of halogens is 2. The van der Waals surface area contributed by atoms with Crippen LogP contribution in [0.3, 0.4) is 0 Å². The molecule has 0 saturated heterocycles. The molecule has 38 heavy (non-hydrogen) atoms. The van der Waals surface area contributed by atoms with Crippen LogP contribution in [0.4, 0.5) is 14.7 Å². The van der Waals surface area contributed by atoms with Crippen LogP contribution < -0.4 is 5.73 Å². The van der Waals surface area contributed by atoms with Crippen molar-refractivity contribution in [3.8, 4) is 11.1 Å². The molecule has 3 aromatic carbocycles. The van der Waals surface area contributed by atoms with Gasteiger partial charge in [0, 0.05) is 24.0 Å². The lowest BCUT2D eigenvalue weighted by Crippen LogP contribution is -2.27. The molecule has 1 aliphatic rings. The van der Waals surface area contributed by atoms with Crippen LogP contribution in [0.2, 0.25) is 0 Å². The highest BCUT2D eigenvalue weighted by atomic mass is 19.2. The van der Waals surface area contributed by atoms with Crippen molar-refractivity contribution in [2.75, 3.05) is 26.4 Å². The summed E-state index contributed by atoms with van der Waals surface area (Å²) in [5.41, 5.74) is 9.65. The van der Waals surface area contributed by atoms with Crippen molar-refractivity contribution < 1.29 is 23.1 Å². The molecule has 0 spiro atoms. The quantitative estimate of drug-likeness (QED) is 0.387. The summed E-state index contributed by atoms with van der Waals surface area (Å²) in [6, 6.07) is 14.8. The van der Waals surface area contributed by atoms with Gasteiger partial charge in [0.05, 0.1) is 12.1 Å². The van der Waals surface area contributed by atoms with Crippen molar-refractivity contribution in [3.63, 3.8) is 0 Å². The first kappa shape index (κ1) is 25.2. The van der Waals surface area contributed by atoms with Crippen LogP contribution in [-0.2, 0) is 29.2 Å². The van der Waals surface area contributed by atoms with Gasteiger partial charge in [0.1, 0.15) is 12.3 Å². The molecule has 0 fully saturated rings. The third-order valence-electron chi connectivity index (χ3n) is 6.33. The second kappa shape index (κ2) is 10.1. The highest BCUT2D eigenvalue weighted by molar-refractivity contribution is 6.06. The maximum Gasteiger partial charge on any atom is 0.320 e. The second-order valence-corrected chi connectivity index (χ2v) is 9.41. The number of hydrogen-bond acceptors (Lipinski definition) is 7. The first-order chi connectivity index (χ1) is 18.2. The standard InChI is InChI=1S/C28H25F2N5O3/c1-34(2)14-25(36)38-15-19-10-22(29)23(30)11-20(19)16-7-8-24-21(9-16)26(33-28(31)32-24)27(37)35-12-17-5-3-4-6-18(17)13-35/h3-11H,12-15H2,1-2H3,(H2,31,32,33). The van der Waals surface area contributed by atoms with Gasteiger partial charge in [0.15, 0.2) is 11.6 Å². The van der Waals surface area contributed by atoms with Crippen LogP contribution in [0.15, 0.2) is 54.6 Å². The summed E-state index contributed by atoms with van der Waals surface area (Å²) in [7, 11) is 3.43. The Labute approximate surface area is 217 Å². The number of carbonyl (C=O) groups is 2. The highest BCUT2D eigenvalue weighted by Gasteiger charge is 2.27. The molecule has 0 unspecified atom stereocenters. The molecule has 5 rings (SSSR count). The molecule has 0 aliphatic carbocycles. The van der Waals surface area contributed by atoms with Crippen molar-refractivity contribution in [1.82, 2.24) is 19.8 Å². The van der Waals surface area contributed by atoms with Crippen molar-refractivity contribution >= 4 is 28.7 Å². The molecule has 10 heteroatoms. The maximum absolute atomic E-state index is 14.3. The first-order valence-electron chi connectivity index (χ1n) is 11.9. The van der Waals surface area contributed by atoms with E-state index < -0.39 is 17.6 Å². The predicted octanol–water partition coefficient (Wildman–Crippen LogP) is 3.92. The Morgan fingerprint density at radius 3 is 2.37 bits per heavy atom. The smallest absolute Gasteiger partial charge is 0.320 e. The van der Waals surface area contributed by atoms with E-state index in [2.05, 4.69) is 9.97 Å². The summed E-state index contributed by atoms with van der Waals surface area (Å²) in [6.07, 6.45) is 0. The minimum absolute atomic E-state index is 0.0413. The lowest BCUT2D eigenvalue weighted by atomic mass is 9.97. The van der Waals surface area contributed by atoms with Crippen molar-refractivity contribution in [2.45, 2.75) is 19.7 Å². The summed E-state index contributed by atoms with van der Waals surface area (Å²) in [5.74, 6) is -2.99. The Morgan fingerprint density at radius 1 is 1.00 bits per heavy atom. The van der Waals surface area contributed by atoms with Crippen LogP contribution in [-0.4, -0.2) is 52.3 Å². The minimum Gasteiger partial charge on any atom is -0.460 e. The number of benzene rings is 3. The summed E-state index contributed by atoms with van der Waals surface area (Å²) in [4.78, 5) is 37.4. The molecule has 2 N–H and O–H groups in total. The van der Waals surface area contributed by atoms with Crippen LogP contribution in [0.1, 0.15) is 27.2 Å². The van der Waals surface area contributed by atoms with Crippen molar-refractivity contribution in [3.05, 3.63) is 88.6 Å². The SMILES string of the molecule is CN(C)CC(=O)OCc1cc(F)c(F)cc1-c1ccc2nc(N)nc(C(=O)N3Cc4ccccc4C3)c2c1. The zero-order chi connectivity index (χ0) is 27.0. The number of likely N-dealkylation sites (N-methyl/N-ethyl adjacent to an activating group) is 1. The summed E-state index contributed by atoms with van der Waals surface area (Å²) in [5, 5.41) is 0.415. The number of nitrogens with two attached hydrogens (primary N) is 1. The van der Waals surface area contributed by atoms with Gasteiger partial charge in [-0.15, -0.1) is 0 Å². The van der Waals surface area contributed by atoms with E-state index in [1.807, 2.05) is 24.3 Å². The molecule has 0 atom stereocenters. The van der Waals surface area contributed by atoms with Gasteiger partial charge < -0.3 is 15.4 Å². The van der Waals surface area contributed by atoms with Gasteiger partial charge in [-0.25, -0.2) is 18.7 Å². The number of amides is 1. The van der Waals surface area contributed by atoms with Gasteiger partial charge in [0.2, 0.25) is 5.95 Å². The van der Waals surface area contributed by atoms with E-state index in [0.29, 0.717) is 35.1 Å². The molecule has 8 nitrogen and oxygen atoms in total. The zero-order valence-corrected chi connectivity index (χ0v) is 20.9. The Hall–Kier alpha value is -4.44. The third kappa shape index (κ3) is 5.03. The Morgan fingerprint density at radius 2 is 1.68 bits per heavy atom. The van der Waals surface area contributed by atoms with Gasteiger partial charge >= 0.3 is 5.97 Å². The van der Waals surface area contributed by atoms with E-state index in [1.165, 1.54) is 0 Å². The van der Waals surface area contributed by atoms with E-state index in [0.717, 1.165) is 23.3 Å². The number of nitrogen functional groups attached to an aromatic ring is 1. The average Bonchev–Trinajstić information content (AvgIpc) is 3.32. The molecule has 1 amide bonds. The maximum atomic E-state index is 14.3. The molecule has 2 heterocycles. The summed E-state index contributed by atoms with van der Waals surface area (Å²) < 4.78 is 33.8. The Kier molecular flexibility index (Phi) is 6.73. The zero-order valence-electron chi connectivity index (χ0n) is 20.9. The highest BCUT2D eigenvalue weighted by Crippen LogP contribution is 2.32. The van der Waals surface area contributed by atoms with Crippen molar-refractivity contribution in [1.29, 1.82) is 0 Å². The second-order valence-electron chi connectivity index (χ2n) is 9.41. The number of ether oxygens (including phenoxy) is 1. The molecular weight excluding hydrogens is 492 g/mol. The van der Waals surface area contributed by atoms with E-state index in [9.17, 15) is 18.4 Å². The van der Waals surface area contributed by atoms with Gasteiger partial charge in [-0.05, 0) is 60.6 Å². The predicted molar refractivity (Wildman–Crippen MR) is 138 cm³/mol. The third-order valence-corrected chi connectivity index (χ3v) is 6.33. The average molecular weight is 518 g/mol. The molecule has 0 radical (unpaired) electrons. The number of fused-ring (bicyclic) bond motifs is 2. The lowest BCUT2D eigenvalue weighted by molar-refractivity contribution is -0.145. The molecule has 1 aromatic heterocycles. The van der Waals surface area contributed by atoms with Crippen LogP contribution in [0, 0.1) is 11.6 Å². The van der Waals surface area contributed by atoms with Crippen LogP contribution >= 0.6 is 0 Å². The van der Waals surface area contributed by atoms with Gasteiger partial charge in [-0.3, -0.25) is 14.5 Å². The number of rotatable bonds is 6. The number of hydrogen-bond donors (Lipinski definition) is 1. The number of anilines is 1. The lowest BCUT2D eigenvalue weighted by Gasteiger charge is -2.17. The largest absolute Gasteiger partial charge is 0.460 e. The van der Waals surface area contributed by atoms with E-state index in [1.54, 1.807) is 42.1 Å². The topological polar surface area (TPSA) is 102 Å². The molecule has 0 bridgehead atoms. The fourth-order valence-corrected chi connectivity index (χ4v) is 4.54. The molecular formula is C28H25F2N5O3. The number of esters is 1. The fourth-order valence-electron chi connectivity index (χ4n) is 4.54. The Bertz CT molecular complexity index is 1550. The van der Waals surface area contributed by atoms with E-state index in [4.69, 9.17) is 10.5 Å². The van der Waals surface area contributed by atoms with Gasteiger partial charge in [0.25, 0.3) is 5.91 Å². The van der Waals surface area contributed by atoms with Gasteiger partial charge in [-0.1, -0.05) is 30.3 Å². The van der Waals surface area contributed by atoms with Crippen LogP contribution in [0.5, 0.6) is 0 Å². The van der Waals surface area contributed by atoms with Crippen molar-refractivity contribution in [2.24, 2.45) is 0 Å². The monoisotopic (exact) mass is 517 g/mol. The summed E-state index contributed by atoms with van der Waals surface area (Å²) in [6.45, 7) is 0.657. The fraction of sp³-hybridized carbons (Fsp3) is 0.214. The molecule has 0 saturated carbocycles. The molecule has 194 valence electrons.